The summed E-state index contributed by atoms with van der Waals surface area (Å²) < 4.78 is 0. The van der Waals surface area contributed by atoms with Crippen LogP contribution >= 0.6 is 11.3 Å². The van der Waals surface area contributed by atoms with Crippen LogP contribution < -0.4 is 0 Å². The van der Waals surface area contributed by atoms with E-state index >= 15 is 0 Å². The predicted octanol–water partition coefficient (Wildman–Crippen LogP) is 4.15. The van der Waals surface area contributed by atoms with Crippen LogP contribution in [0.2, 0.25) is 0 Å². The van der Waals surface area contributed by atoms with E-state index in [4.69, 9.17) is 4.98 Å². The zero-order valence-electron chi connectivity index (χ0n) is 14.5. The number of hydrogen-bond acceptors (Lipinski definition) is 4. The fourth-order valence-electron chi connectivity index (χ4n) is 3.45. The highest BCUT2D eigenvalue weighted by Crippen LogP contribution is 2.27. The van der Waals surface area contributed by atoms with Crippen molar-refractivity contribution < 1.29 is 4.79 Å². The number of amides is 1. The molecule has 0 bridgehead atoms. The predicted molar refractivity (Wildman–Crippen MR) is 104 cm³/mol. The minimum Gasteiger partial charge on any atom is -0.342 e. The van der Waals surface area contributed by atoms with E-state index in [9.17, 15) is 4.79 Å². The van der Waals surface area contributed by atoms with Crippen LogP contribution in [0.4, 0.5) is 0 Å². The molecule has 1 unspecified atom stereocenters. The quantitative estimate of drug-likeness (QED) is 0.699. The standard InChI is InChI=1S/C21H21N3OS/c25-20(14-18-9-5-13-26-18)24-12-4-8-17(15-24)19-10-11-22-21(23-19)16-6-2-1-3-7-16/h1-3,5-7,9-11,13,17H,4,8,12,14-15H2. The van der Waals surface area contributed by atoms with E-state index in [1.807, 2.05) is 65.0 Å². The second kappa shape index (κ2) is 7.79. The summed E-state index contributed by atoms with van der Waals surface area (Å²) in [6.07, 6.45) is 4.42. The van der Waals surface area contributed by atoms with E-state index in [2.05, 4.69) is 4.98 Å². The minimum absolute atomic E-state index is 0.217. The van der Waals surface area contributed by atoms with Gasteiger partial charge in [0.1, 0.15) is 0 Å². The lowest BCUT2D eigenvalue weighted by Crippen LogP contribution is -2.40. The molecule has 0 radical (unpaired) electrons. The lowest BCUT2D eigenvalue weighted by Gasteiger charge is -2.32. The molecule has 4 rings (SSSR count). The largest absolute Gasteiger partial charge is 0.342 e. The van der Waals surface area contributed by atoms with Crippen molar-refractivity contribution in [1.82, 2.24) is 14.9 Å². The van der Waals surface area contributed by atoms with Gasteiger partial charge in [-0.15, -0.1) is 11.3 Å². The molecule has 0 N–H and O–H groups in total. The van der Waals surface area contributed by atoms with Gasteiger partial charge in [0.25, 0.3) is 0 Å². The highest BCUT2D eigenvalue weighted by Gasteiger charge is 2.26. The summed E-state index contributed by atoms with van der Waals surface area (Å²) in [6.45, 7) is 1.59. The minimum atomic E-state index is 0.217. The Morgan fingerprint density at radius 2 is 2.04 bits per heavy atom. The molecule has 4 nitrogen and oxygen atoms in total. The molecule has 1 amide bonds. The molecule has 132 valence electrons. The third kappa shape index (κ3) is 3.83. The zero-order valence-corrected chi connectivity index (χ0v) is 15.4. The number of carbonyl (C=O) groups excluding carboxylic acids is 1. The monoisotopic (exact) mass is 363 g/mol. The number of piperidine rings is 1. The third-order valence-corrected chi connectivity index (χ3v) is 5.68. The Morgan fingerprint density at radius 3 is 2.85 bits per heavy atom. The maximum atomic E-state index is 12.6. The van der Waals surface area contributed by atoms with Crippen LogP contribution in [0.25, 0.3) is 11.4 Å². The molecule has 1 aliphatic rings. The maximum absolute atomic E-state index is 12.6. The normalized spacial score (nSPS) is 17.2. The van der Waals surface area contributed by atoms with E-state index in [1.54, 1.807) is 11.3 Å². The summed E-state index contributed by atoms with van der Waals surface area (Å²) in [4.78, 5) is 25.0. The van der Waals surface area contributed by atoms with Crippen LogP contribution in [0.15, 0.2) is 60.1 Å². The molecule has 0 aliphatic carbocycles. The van der Waals surface area contributed by atoms with Gasteiger partial charge in [-0.1, -0.05) is 36.4 Å². The van der Waals surface area contributed by atoms with Crippen LogP contribution in [0.3, 0.4) is 0 Å². The van der Waals surface area contributed by atoms with Gasteiger partial charge in [0.15, 0.2) is 5.82 Å². The highest BCUT2D eigenvalue weighted by molar-refractivity contribution is 7.10. The first-order valence-electron chi connectivity index (χ1n) is 8.98. The number of nitrogens with zero attached hydrogens (tertiary/aromatic N) is 3. The molecule has 1 fully saturated rings. The lowest BCUT2D eigenvalue weighted by atomic mass is 9.94. The van der Waals surface area contributed by atoms with Crippen LogP contribution in [0, 0.1) is 0 Å². The second-order valence-corrected chi connectivity index (χ2v) is 7.64. The molecule has 1 aliphatic heterocycles. The number of likely N-dealkylation sites (tertiary alicyclic amines) is 1. The van der Waals surface area contributed by atoms with Crippen molar-refractivity contribution in [2.45, 2.75) is 25.2 Å². The number of carbonyl (C=O) groups is 1. The molecule has 3 heterocycles. The molecule has 1 atom stereocenters. The van der Waals surface area contributed by atoms with Crippen molar-refractivity contribution in [3.05, 3.63) is 70.7 Å². The Bertz CT molecular complexity index is 864. The van der Waals surface area contributed by atoms with Gasteiger partial charge in [0, 0.05) is 41.3 Å². The van der Waals surface area contributed by atoms with Gasteiger partial charge in [-0.25, -0.2) is 9.97 Å². The van der Waals surface area contributed by atoms with Gasteiger partial charge in [0.05, 0.1) is 6.42 Å². The first-order chi connectivity index (χ1) is 12.8. The average molecular weight is 363 g/mol. The molecule has 1 aromatic carbocycles. The fourth-order valence-corrected chi connectivity index (χ4v) is 4.14. The molecule has 5 heteroatoms. The van der Waals surface area contributed by atoms with E-state index in [-0.39, 0.29) is 11.8 Å². The molecule has 0 spiro atoms. The van der Waals surface area contributed by atoms with E-state index in [0.29, 0.717) is 6.42 Å². The number of rotatable bonds is 4. The molecule has 1 saturated heterocycles. The number of hydrogen-bond donors (Lipinski definition) is 0. The average Bonchev–Trinajstić information content (AvgIpc) is 3.22. The van der Waals surface area contributed by atoms with Crippen molar-refractivity contribution in [2.75, 3.05) is 13.1 Å². The summed E-state index contributed by atoms with van der Waals surface area (Å²) in [6, 6.07) is 16.1. The van der Waals surface area contributed by atoms with Crippen molar-refractivity contribution in [3.8, 4) is 11.4 Å². The van der Waals surface area contributed by atoms with Gasteiger partial charge in [-0.2, -0.15) is 0 Å². The summed E-state index contributed by atoms with van der Waals surface area (Å²) >= 11 is 1.64. The van der Waals surface area contributed by atoms with Crippen LogP contribution in [-0.4, -0.2) is 33.9 Å². The van der Waals surface area contributed by atoms with Crippen molar-refractivity contribution in [3.63, 3.8) is 0 Å². The van der Waals surface area contributed by atoms with E-state index in [0.717, 1.165) is 47.9 Å². The first kappa shape index (κ1) is 16.9. The van der Waals surface area contributed by atoms with Crippen LogP contribution in [0.1, 0.15) is 29.3 Å². The maximum Gasteiger partial charge on any atom is 0.227 e. The fraction of sp³-hybridized carbons (Fsp3) is 0.286. The Morgan fingerprint density at radius 1 is 1.15 bits per heavy atom. The highest BCUT2D eigenvalue weighted by atomic mass is 32.1. The summed E-state index contributed by atoms with van der Waals surface area (Å²) in [5, 5.41) is 2.02. The molecular weight excluding hydrogens is 342 g/mol. The second-order valence-electron chi connectivity index (χ2n) is 6.61. The zero-order chi connectivity index (χ0) is 17.8. The van der Waals surface area contributed by atoms with Crippen molar-refractivity contribution in [2.24, 2.45) is 0 Å². The molecular formula is C21H21N3OS. The number of thiophene rings is 1. The van der Waals surface area contributed by atoms with Gasteiger partial charge in [-0.05, 0) is 30.4 Å². The molecule has 26 heavy (non-hydrogen) atoms. The topological polar surface area (TPSA) is 46.1 Å². The smallest absolute Gasteiger partial charge is 0.227 e. The van der Waals surface area contributed by atoms with Crippen molar-refractivity contribution in [1.29, 1.82) is 0 Å². The molecule has 2 aromatic heterocycles. The van der Waals surface area contributed by atoms with Gasteiger partial charge in [-0.3, -0.25) is 4.79 Å². The number of benzene rings is 1. The van der Waals surface area contributed by atoms with Gasteiger partial charge >= 0.3 is 0 Å². The van der Waals surface area contributed by atoms with Crippen LogP contribution in [-0.2, 0) is 11.2 Å². The first-order valence-corrected chi connectivity index (χ1v) is 9.86. The van der Waals surface area contributed by atoms with Crippen LogP contribution in [0.5, 0.6) is 0 Å². The Hall–Kier alpha value is -2.53. The summed E-state index contributed by atoms with van der Waals surface area (Å²) in [5.41, 5.74) is 2.06. The molecule has 0 saturated carbocycles. The third-order valence-electron chi connectivity index (χ3n) is 4.81. The summed E-state index contributed by atoms with van der Waals surface area (Å²) in [5.74, 6) is 1.25. The lowest BCUT2D eigenvalue weighted by molar-refractivity contribution is -0.131. The number of aromatic nitrogens is 2. The SMILES string of the molecule is O=C(Cc1cccs1)N1CCCC(c2ccnc(-c3ccccc3)n2)C1. The van der Waals surface area contributed by atoms with Gasteiger partial charge < -0.3 is 4.90 Å². The van der Waals surface area contributed by atoms with E-state index in [1.165, 1.54) is 0 Å². The molecule has 3 aromatic rings. The van der Waals surface area contributed by atoms with Gasteiger partial charge in [0.2, 0.25) is 5.91 Å². The Kier molecular flexibility index (Phi) is 5.07. The summed E-state index contributed by atoms with van der Waals surface area (Å²) in [7, 11) is 0. The van der Waals surface area contributed by atoms with E-state index < -0.39 is 0 Å². The van der Waals surface area contributed by atoms with Crippen molar-refractivity contribution >= 4 is 17.2 Å². The Labute approximate surface area is 157 Å². The Balaban J connectivity index is 1.48.